The molecule has 1 saturated carbocycles. The molecule has 3 aromatic carbocycles. The first-order valence-electron chi connectivity index (χ1n) is 14.9. The Balaban J connectivity index is 1.24. The van der Waals surface area contributed by atoms with E-state index in [2.05, 4.69) is 0 Å². The van der Waals surface area contributed by atoms with Crippen LogP contribution in [0.15, 0.2) is 96.6 Å². The average molecular weight is 617 g/mol. The molecule has 0 unspecified atom stereocenters. The molecule has 6 aliphatic rings. The number of imide groups is 2. The van der Waals surface area contributed by atoms with Crippen molar-refractivity contribution in [2.45, 2.75) is 6.42 Å². The van der Waals surface area contributed by atoms with Crippen LogP contribution in [0.4, 0.5) is 22.7 Å². The fourth-order valence-electron chi connectivity index (χ4n) is 8.47. The van der Waals surface area contributed by atoms with Crippen LogP contribution in [-0.2, 0) is 19.2 Å². The van der Waals surface area contributed by atoms with E-state index < -0.39 is 74.9 Å². The van der Waals surface area contributed by atoms with Gasteiger partial charge in [0, 0.05) is 36.1 Å². The lowest BCUT2D eigenvalue weighted by Crippen LogP contribution is -2.51. The first-order chi connectivity index (χ1) is 22.2. The maximum atomic E-state index is 14.3. The van der Waals surface area contributed by atoms with Gasteiger partial charge in [-0.1, -0.05) is 48.1 Å². The highest BCUT2D eigenvalue weighted by Gasteiger charge is 2.67. The first-order valence-corrected chi connectivity index (χ1v) is 14.9. The summed E-state index contributed by atoms with van der Waals surface area (Å²) in [4.78, 5) is 80.0. The molecule has 4 amide bonds. The molecule has 12 heteroatoms. The molecule has 228 valence electrons. The van der Waals surface area contributed by atoms with Crippen LogP contribution in [0.2, 0.25) is 0 Å². The Labute approximate surface area is 260 Å². The van der Waals surface area contributed by atoms with Crippen molar-refractivity contribution in [2.75, 3.05) is 9.80 Å². The number of rotatable bonds is 5. The maximum absolute atomic E-state index is 14.3. The molecule has 2 bridgehead atoms. The van der Waals surface area contributed by atoms with Crippen molar-refractivity contribution >= 4 is 52.0 Å². The highest BCUT2D eigenvalue weighted by molar-refractivity contribution is 6.24. The minimum Gasteiger partial charge on any atom is -0.274 e. The molecule has 12 nitrogen and oxygen atoms in total. The molecule has 2 heterocycles. The quantitative estimate of drug-likeness (QED) is 0.172. The summed E-state index contributed by atoms with van der Waals surface area (Å²) in [7, 11) is 0. The van der Waals surface area contributed by atoms with E-state index in [1.807, 2.05) is 42.5 Å². The van der Waals surface area contributed by atoms with Gasteiger partial charge >= 0.3 is 0 Å². The monoisotopic (exact) mass is 616 g/mol. The molecule has 0 aromatic heterocycles. The summed E-state index contributed by atoms with van der Waals surface area (Å²) >= 11 is 0. The predicted octanol–water partition coefficient (Wildman–Crippen LogP) is 4.70. The molecule has 9 rings (SSSR count). The molecule has 2 aliphatic heterocycles. The predicted molar refractivity (Wildman–Crippen MR) is 163 cm³/mol. The number of carbonyl (C=O) groups is 4. The second-order valence-electron chi connectivity index (χ2n) is 12.3. The van der Waals surface area contributed by atoms with E-state index >= 15 is 0 Å². The van der Waals surface area contributed by atoms with Gasteiger partial charge in [0.2, 0.25) is 23.6 Å². The lowest BCUT2D eigenvalue weighted by atomic mass is 9.49. The van der Waals surface area contributed by atoms with Gasteiger partial charge in [-0.3, -0.25) is 44.3 Å². The molecular weight excluding hydrogens is 592 g/mol. The summed E-state index contributed by atoms with van der Waals surface area (Å²) in [5.41, 5.74) is 2.78. The minimum atomic E-state index is -0.792. The standard InChI is InChI=1S/C34H24N4O8/c39-31-25-16-24(17-4-2-1-3-5-17)26-22-14-15-23(27(26)30(25)34(42)35(31)18-6-10-20(11-7-18)37(43)44)29-28(22)32(40)36(33(29)41)19-8-12-21(13-9-19)38(45)46/h1-15,22-23,25,27-30H,16H2/t22-,23-,25-,27+,28-,29-,30+/m1/s1. The SMILES string of the molecule is O=C1[C@@H]2[C@@H]3C=C[C@H](C4=C(c5ccccc5)C[C@H]5C(=O)N(c6ccc([N+](=O)[O-])cc6)C(=O)[C@@H]5[C@H]43)[C@H]2C(=O)N1c1ccc([N+](=O)[O-])cc1. The van der Waals surface area contributed by atoms with Crippen molar-refractivity contribution in [3.05, 3.63) is 122 Å². The third kappa shape index (κ3) is 3.73. The molecule has 0 N–H and O–H groups in total. The van der Waals surface area contributed by atoms with Crippen LogP contribution in [0.25, 0.3) is 5.57 Å². The first kappa shape index (κ1) is 27.7. The summed E-state index contributed by atoms with van der Waals surface area (Å²) in [5.74, 6) is -6.26. The van der Waals surface area contributed by atoms with E-state index in [9.17, 15) is 39.4 Å². The van der Waals surface area contributed by atoms with Crippen LogP contribution in [0.3, 0.4) is 0 Å². The van der Waals surface area contributed by atoms with E-state index in [0.29, 0.717) is 0 Å². The third-order valence-electron chi connectivity index (χ3n) is 10.3. The van der Waals surface area contributed by atoms with E-state index in [1.165, 1.54) is 48.5 Å². The number of anilines is 2. The van der Waals surface area contributed by atoms with Crippen molar-refractivity contribution in [2.24, 2.45) is 41.4 Å². The Hall–Kier alpha value is -5.78. The van der Waals surface area contributed by atoms with Crippen LogP contribution in [0.5, 0.6) is 0 Å². The van der Waals surface area contributed by atoms with Crippen molar-refractivity contribution in [3.63, 3.8) is 0 Å². The number of hydrogen-bond donors (Lipinski definition) is 0. The molecule has 0 radical (unpaired) electrons. The molecular formula is C34H24N4O8. The number of nitro benzene ring substituents is 2. The Morgan fingerprint density at radius 2 is 1.11 bits per heavy atom. The van der Waals surface area contributed by atoms with Crippen molar-refractivity contribution < 1.29 is 29.0 Å². The second-order valence-corrected chi connectivity index (χ2v) is 12.3. The number of non-ortho nitro benzene ring substituents is 2. The Bertz CT molecular complexity index is 1950. The molecule has 0 spiro atoms. The smallest absolute Gasteiger partial charge is 0.269 e. The molecule has 4 aliphatic carbocycles. The van der Waals surface area contributed by atoms with Gasteiger partial charge < -0.3 is 0 Å². The zero-order valence-electron chi connectivity index (χ0n) is 24.0. The summed E-state index contributed by atoms with van der Waals surface area (Å²) in [6.45, 7) is 0. The van der Waals surface area contributed by atoms with Gasteiger partial charge in [0.05, 0.1) is 44.9 Å². The molecule has 3 aromatic rings. The van der Waals surface area contributed by atoms with Crippen molar-refractivity contribution in [1.82, 2.24) is 0 Å². The Morgan fingerprint density at radius 3 is 1.67 bits per heavy atom. The molecule has 7 atom stereocenters. The van der Waals surface area contributed by atoms with Crippen LogP contribution in [-0.4, -0.2) is 33.5 Å². The second kappa shape index (κ2) is 9.86. The third-order valence-corrected chi connectivity index (χ3v) is 10.3. The largest absolute Gasteiger partial charge is 0.274 e. The number of nitro groups is 2. The maximum Gasteiger partial charge on any atom is 0.269 e. The highest BCUT2D eigenvalue weighted by atomic mass is 16.6. The molecule has 2 saturated heterocycles. The van der Waals surface area contributed by atoms with Gasteiger partial charge in [-0.05, 0) is 47.7 Å². The van der Waals surface area contributed by atoms with E-state index in [4.69, 9.17) is 0 Å². The van der Waals surface area contributed by atoms with Gasteiger partial charge in [0.15, 0.2) is 0 Å². The fraction of sp³-hybridized carbons (Fsp3) is 0.235. The topological polar surface area (TPSA) is 161 Å². The Kier molecular flexibility index (Phi) is 5.95. The molecule has 46 heavy (non-hydrogen) atoms. The summed E-state index contributed by atoms with van der Waals surface area (Å²) in [6.07, 6.45) is 4.11. The average Bonchev–Trinajstić information content (AvgIpc) is 3.50. The lowest BCUT2D eigenvalue weighted by molar-refractivity contribution is -0.385. The van der Waals surface area contributed by atoms with Gasteiger partial charge in [-0.25, -0.2) is 4.90 Å². The minimum absolute atomic E-state index is 0.168. The van der Waals surface area contributed by atoms with E-state index in [0.717, 1.165) is 26.5 Å². The van der Waals surface area contributed by atoms with E-state index in [1.54, 1.807) is 0 Å². The van der Waals surface area contributed by atoms with Gasteiger partial charge in [0.1, 0.15) is 0 Å². The number of hydrogen-bond acceptors (Lipinski definition) is 8. The van der Waals surface area contributed by atoms with Crippen LogP contribution < -0.4 is 9.80 Å². The zero-order valence-corrected chi connectivity index (χ0v) is 24.0. The normalized spacial score (nSPS) is 29.3. The fourth-order valence-corrected chi connectivity index (χ4v) is 8.47. The van der Waals surface area contributed by atoms with Crippen LogP contribution in [0, 0.1) is 61.7 Å². The molecule has 3 fully saturated rings. The van der Waals surface area contributed by atoms with Crippen molar-refractivity contribution in [1.29, 1.82) is 0 Å². The lowest BCUT2D eigenvalue weighted by Gasteiger charge is -2.51. The summed E-state index contributed by atoms with van der Waals surface area (Å²) < 4.78 is 0. The van der Waals surface area contributed by atoms with Crippen LogP contribution >= 0.6 is 0 Å². The van der Waals surface area contributed by atoms with E-state index in [-0.39, 0.29) is 29.2 Å². The van der Waals surface area contributed by atoms with Crippen LogP contribution in [0.1, 0.15) is 12.0 Å². The number of carbonyl (C=O) groups excluding carboxylic acids is 4. The zero-order chi connectivity index (χ0) is 32.0. The number of amides is 4. The van der Waals surface area contributed by atoms with Gasteiger partial charge in [-0.15, -0.1) is 0 Å². The summed E-state index contributed by atoms with van der Waals surface area (Å²) in [5, 5.41) is 22.4. The van der Waals surface area contributed by atoms with Gasteiger partial charge in [-0.2, -0.15) is 0 Å². The Morgan fingerprint density at radius 1 is 0.587 bits per heavy atom. The summed E-state index contributed by atoms with van der Waals surface area (Å²) in [6, 6.07) is 20.1. The number of fused-ring (bicyclic) bond motifs is 1. The number of allylic oxidation sites excluding steroid dienone is 4. The van der Waals surface area contributed by atoms with Crippen molar-refractivity contribution in [3.8, 4) is 0 Å². The van der Waals surface area contributed by atoms with Gasteiger partial charge in [0.25, 0.3) is 11.4 Å². The number of benzene rings is 3. The highest BCUT2D eigenvalue weighted by Crippen LogP contribution is 2.63. The number of nitrogens with zero attached hydrogens (tertiary/aromatic N) is 4.